The standard InChI is InChI=1S/C14H15N3O5/c1-10-15-9-13(17(19)20)16(10)6-7-22-14(18)11-4-3-5-12(8-11)21-2/h3-5,8-9H,6-7H2,1-2H3. The Balaban J connectivity index is 1.97. The molecule has 1 heterocycles. The quantitative estimate of drug-likeness (QED) is 0.460. The van der Waals surface area contributed by atoms with Crippen LogP contribution in [-0.2, 0) is 11.3 Å². The zero-order valence-corrected chi connectivity index (χ0v) is 12.2. The molecule has 0 atom stereocenters. The zero-order valence-electron chi connectivity index (χ0n) is 12.2. The Morgan fingerprint density at radius 1 is 1.45 bits per heavy atom. The Kier molecular flexibility index (Phi) is 4.72. The molecule has 0 unspecified atom stereocenters. The summed E-state index contributed by atoms with van der Waals surface area (Å²) in [5, 5.41) is 10.8. The monoisotopic (exact) mass is 305 g/mol. The molecule has 0 saturated heterocycles. The van der Waals surface area contributed by atoms with Crippen LogP contribution in [0, 0.1) is 17.0 Å². The summed E-state index contributed by atoms with van der Waals surface area (Å²) in [7, 11) is 1.51. The van der Waals surface area contributed by atoms with Gasteiger partial charge in [-0.05, 0) is 23.1 Å². The van der Waals surface area contributed by atoms with Crippen molar-refractivity contribution in [1.82, 2.24) is 9.55 Å². The molecule has 0 N–H and O–H groups in total. The van der Waals surface area contributed by atoms with Crippen LogP contribution in [0.15, 0.2) is 30.5 Å². The number of imidazole rings is 1. The highest BCUT2D eigenvalue weighted by Crippen LogP contribution is 2.15. The molecule has 1 aromatic heterocycles. The van der Waals surface area contributed by atoms with Gasteiger partial charge in [-0.1, -0.05) is 6.07 Å². The second-order valence-corrected chi connectivity index (χ2v) is 4.44. The molecule has 0 spiro atoms. The van der Waals surface area contributed by atoms with Crippen molar-refractivity contribution in [2.24, 2.45) is 0 Å². The van der Waals surface area contributed by atoms with Crippen LogP contribution < -0.4 is 4.74 Å². The number of methoxy groups -OCH3 is 1. The number of hydrogen-bond donors (Lipinski definition) is 0. The molecular weight excluding hydrogens is 290 g/mol. The fourth-order valence-corrected chi connectivity index (χ4v) is 1.94. The summed E-state index contributed by atoms with van der Waals surface area (Å²) in [6.45, 7) is 1.82. The maximum absolute atomic E-state index is 11.9. The Morgan fingerprint density at radius 2 is 2.23 bits per heavy atom. The molecule has 0 aliphatic carbocycles. The predicted octanol–water partition coefficient (Wildman–Crippen LogP) is 1.97. The van der Waals surface area contributed by atoms with Gasteiger partial charge in [0.05, 0.1) is 12.7 Å². The molecule has 0 aliphatic rings. The molecule has 22 heavy (non-hydrogen) atoms. The van der Waals surface area contributed by atoms with Gasteiger partial charge in [0.25, 0.3) is 0 Å². The van der Waals surface area contributed by atoms with Crippen LogP contribution in [0.1, 0.15) is 16.2 Å². The average Bonchev–Trinajstić information content (AvgIpc) is 2.88. The fraction of sp³-hybridized carbons (Fsp3) is 0.286. The second kappa shape index (κ2) is 6.70. The molecule has 1 aromatic carbocycles. The van der Waals surface area contributed by atoms with Crippen molar-refractivity contribution in [1.29, 1.82) is 0 Å². The maximum atomic E-state index is 11.9. The number of aryl methyl sites for hydroxylation is 1. The summed E-state index contributed by atoms with van der Waals surface area (Å²) in [6.07, 6.45) is 1.18. The van der Waals surface area contributed by atoms with Gasteiger partial charge in [0.2, 0.25) is 0 Å². The number of esters is 1. The first-order chi connectivity index (χ1) is 10.5. The minimum absolute atomic E-state index is 0.00802. The molecule has 0 aliphatic heterocycles. The number of nitrogens with zero attached hydrogens (tertiary/aromatic N) is 3. The van der Waals surface area contributed by atoms with E-state index in [0.717, 1.165) is 0 Å². The minimum atomic E-state index is -0.524. The molecule has 8 nitrogen and oxygen atoms in total. The Morgan fingerprint density at radius 3 is 2.91 bits per heavy atom. The zero-order chi connectivity index (χ0) is 16.1. The van der Waals surface area contributed by atoms with E-state index < -0.39 is 10.9 Å². The van der Waals surface area contributed by atoms with E-state index in [1.165, 1.54) is 17.9 Å². The van der Waals surface area contributed by atoms with E-state index in [1.54, 1.807) is 31.2 Å². The number of aromatic nitrogens is 2. The largest absolute Gasteiger partial charge is 0.497 e. The normalized spacial score (nSPS) is 10.3. The van der Waals surface area contributed by atoms with Crippen molar-refractivity contribution < 1.29 is 19.2 Å². The van der Waals surface area contributed by atoms with E-state index in [-0.39, 0.29) is 19.0 Å². The Hall–Kier alpha value is -2.90. The van der Waals surface area contributed by atoms with Crippen LogP contribution in [0.25, 0.3) is 0 Å². The summed E-state index contributed by atoms with van der Waals surface area (Å²) in [5.74, 6) is 0.397. The first-order valence-corrected chi connectivity index (χ1v) is 6.50. The predicted molar refractivity (Wildman–Crippen MR) is 76.9 cm³/mol. The topological polar surface area (TPSA) is 96.5 Å². The van der Waals surface area contributed by atoms with Gasteiger partial charge in [-0.2, -0.15) is 0 Å². The van der Waals surface area contributed by atoms with Crippen LogP contribution in [0.5, 0.6) is 5.75 Å². The maximum Gasteiger partial charge on any atom is 0.342 e. The minimum Gasteiger partial charge on any atom is -0.497 e. The van der Waals surface area contributed by atoms with Crippen molar-refractivity contribution in [3.05, 3.63) is 52.0 Å². The van der Waals surface area contributed by atoms with Crippen molar-refractivity contribution in [2.75, 3.05) is 13.7 Å². The van der Waals surface area contributed by atoms with E-state index in [1.807, 2.05) is 0 Å². The molecule has 0 saturated carbocycles. The van der Waals surface area contributed by atoms with E-state index in [4.69, 9.17) is 9.47 Å². The third-order valence-corrected chi connectivity index (χ3v) is 3.07. The van der Waals surface area contributed by atoms with Crippen molar-refractivity contribution in [2.45, 2.75) is 13.5 Å². The van der Waals surface area contributed by atoms with Gasteiger partial charge in [-0.25, -0.2) is 14.3 Å². The number of carbonyl (C=O) groups excluding carboxylic acids is 1. The van der Waals surface area contributed by atoms with Crippen LogP contribution in [0.4, 0.5) is 5.82 Å². The van der Waals surface area contributed by atoms with Crippen molar-refractivity contribution in [3.8, 4) is 5.75 Å². The summed E-state index contributed by atoms with van der Waals surface area (Å²) in [6, 6.07) is 6.57. The van der Waals surface area contributed by atoms with Gasteiger partial charge < -0.3 is 19.6 Å². The molecule has 0 bridgehead atoms. The lowest BCUT2D eigenvalue weighted by Crippen LogP contribution is -2.13. The molecular formula is C14H15N3O5. The molecule has 2 aromatic rings. The summed E-state index contributed by atoms with van der Waals surface area (Å²) < 4.78 is 11.5. The van der Waals surface area contributed by atoms with E-state index in [0.29, 0.717) is 17.1 Å². The smallest absolute Gasteiger partial charge is 0.342 e. The highest BCUT2D eigenvalue weighted by Gasteiger charge is 2.17. The van der Waals surface area contributed by atoms with E-state index in [9.17, 15) is 14.9 Å². The molecule has 0 amide bonds. The molecule has 116 valence electrons. The SMILES string of the molecule is COc1cccc(C(=O)OCCn2c([N+](=O)[O-])cnc2C)c1. The van der Waals surface area contributed by atoms with E-state index in [2.05, 4.69) is 4.98 Å². The number of nitro groups is 1. The fourth-order valence-electron chi connectivity index (χ4n) is 1.94. The summed E-state index contributed by atoms with van der Waals surface area (Å²) in [4.78, 5) is 26.1. The van der Waals surface area contributed by atoms with Gasteiger partial charge >= 0.3 is 11.8 Å². The number of rotatable bonds is 6. The van der Waals surface area contributed by atoms with Crippen LogP contribution >= 0.6 is 0 Å². The third kappa shape index (κ3) is 3.40. The summed E-state index contributed by atoms with van der Waals surface area (Å²) in [5.41, 5.74) is 0.358. The highest BCUT2D eigenvalue weighted by atomic mass is 16.6. The van der Waals surface area contributed by atoms with E-state index >= 15 is 0 Å². The Bertz CT molecular complexity index is 696. The molecule has 0 fully saturated rings. The number of ether oxygens (including phenoxy) is 2. The lowest BCUT2D eigenvalue weighted by atomic mass is 10.2. The number of benzene rings is 1. The van der Waals surface area contributed by atoms with Crippen LogP contribution in [-0.4, -0.2) is 34.2 Å². The van der Waals surface area contributed by atoms with Crippen molar-refractivity contribution >= 4 is 11.8 Å². The lowest BCUT2D eigenvalue weighted by Gasteiger charge is -2.06. The van der Waals surface area contributed by atoms with Crippen molar-refractivity contribution in [3.63, 3.8) is 0 Å². The summed E-state index contributed by atoms with van der Waals surface area (Å²) >= 11 is 0. The first-order valence-electron chi connectivity index (χ1n) is 6.50. The Labute approximate surface area is 126 Å². The van der Waals surface area contributed by atoms with Gasteiger partial charge in [0.15, 0.2) is 5.82 Å². The van der Waals surface area contributed by atoms with Crippen LogP contribution in [0.3, 0.4) is 0 Å². The van der Waals surface area contributed by atoms with Gasteiger partial charge in [0.1, 0.15) is 25.1 Å². The molecule has 0 radical (unpaired) electrons. The second-order valence-electron chi connectivity index (χ2n) is 4.44. The third-order valence-electron chi connectivity index (χ3n) is 3.07. The molecule has 2 rings (SSSR count). The highest BCUT2D eigenvalue weighted by molar-refractivity contribution is 5.89. The molecule has 8 heteroatoms. The van der Waals surface area contributed by atoms with Gasteiger partial charge in [-0.3, -0.25) is 0 Å². The number of hydrogen-bond acceptors (Lipinski definition) is 6. The van der Waals surface area contributed by atoms with Crippen LogP contribution in [0.2, 0.25) is 0 Å². The first kappa shape index (κ1) is 15.5. The average molecular weight is 305 g/mol. The lowest BCUT2D eigenvalue weighted by molar-refractivity contribution is -0.392. The number of carbonyl (C=O) groups is 1. The van der Waals surface area contributed by atoms with Gasteiger partial charge in [0, 0.05) is 6.92 Å². The van der Waals surface area contributed by atoms with Gasteiger partial charge in [-0.15, -0.1) is 0 Å².